The maximum absolute atomic E-state index is 6.05. The minimum Gasteiger partial charge on any atom is -0.324 e. The standard InChI is InChI=1S/C11H19N3.2ClH/c1-11(2,3)14-10-6-4-5-9(12)8(10)7-13-14;;/h7,9H,4-6,12H2,1-3H3;2*1H. The molecule has 16 heavy (non-hydrogen) atoms. The minimum absolute atomic E-state index is 0. The van der Waals surface area contributed by atoms with Crippen LogP contribution in [0, 0.1) is 0 Å². The average molecular weight is 266 g/mol. The van der Waals surface area contributed by atoms with Crippen LogP contribution in [0.25, 0.3) is 0 Å². The molecule has 0 bridgehead atoms. The van der Waals surface area contributed by atoms with Crippen molar-refractivity contribution in [2.45, 2.75) is 51.6 Å². The number of nitrogens with zero attached hydrogens (tertiary/aromatic N) is 2. The van der Waals surface area contributed by atoms with Gasteiger partial charge >= 0.3 is 0 Å². The van der Waals surface area contributed by atoms with E-state index in [0.29, 0.717) is 0 Å². The van der Waals surface area contributed by atoms with Crippen LogP contribution in [-0.4, -0.2) is 9.78 Å². The third-order valence-electron chi connectivity index (χ3n) is 2.86. The predicted molar refractivity (Wildman–Crippen MR) is 71.6 cm³/mol. The summed E-state index contributed by atoms with van der Waals surface area (Å²) in [6.07, 6.45) is 5.36. The smallest absolute Gasteiger partial charge is 0.0546 e. The molecule has 0 saturated carbocycles. The second-order valence-electron chi connectivity index (χ2n) is 5.13. The SMILES string of the molecule is CC(C)(C)n1ncc2c1CCCC2N.Cl.Cl. The van der Waals surface area contributed by atoms with Crippen LogP contribution in [0.1, 0.15) is 50.9 Å². The zero-order chi connectivity index (χ0) is 10.3. The van der Waals surface area contributed by atoms with E-state index >= 15 is 0 Å². The van der Waals surface area contributed by atoms with Gasteiger partial charge in [-0.3, -0.25) is 4.68 Å². The number of hydrogen-bond acceptors (Lipinski definition) is 2. The van der Waals surface area contributed by atoms with Crippen LogP contribution in [0.2, 0.25) is 0 Å². The molecule has 1 aromatic heterocycles. The molecule has 1 aliphatic rings. The highest BCUT2D eigenvalue weighted by Gasteiger charge is 2.25. The lowest BCUT2D eigenvalue weighted by Gasteiger charge is -2.26. The zero-order valence-corrected chi connectivity index (χ0v) is 11.7. The van der Waals surface area contributed by atoms with Crippen molar-refractivity contribution in [2.24, 2.45) is 5.73 Å². The van der Waals surface area contributed by atoms with Crippen molar-refractivity contribution in [3.05, 3.63) is 17.5 Å². The Balaban J connectivity index is 0.00000112. The normalized spacial score (nSPS) is 19.4. The van der Waals surface area contributed by atoms with Crippen molar-refractivity contribution in [3.63, 3.8) is 0 Å². The van der Waals surface area contributed by atoms with Crippen molar-refractivity contribution in [1.82, 2.24) is 9.78 Å². The van der Waals surface area contributed by atoms with Crippen LogP contribution in [0.3, 0.4) is 0 Å². The third-order valence-corrected chi connectivity index (χ3v) is 2.86. The first-order chi connectivity index (χ1) is 6.50. The molecule has 1 unspecified atom stereocenters. The van der Waals surface area contributed by atoms with Gasteiger partial charge in [0, 0.05) is 17.3 Å². The summed E-state index contributed by atoms with van der Waals surface area (Å²) in [5.41, 5.74) is 8.72. The van der Waals surface area contributed by atoms with Gasteiger partial charge in [0.05, 0.1) is 11.7 Å². The van der Waals surface area contributed by atoms with Crippen molar-refractivity contribution in [1.29, 1.82) is 0 Å². The topological polar surface area (TPSA) is 43.8 Å². The molecular weight excluding hydrogens is 245 g/mol. The molecule has 0 saturated heterocycles. The van der Waals surface area contributed by atoms with Crippen LogP contribution in [0.5, 0.6) is 0 Å². The van der Waals surface area contributed by atoms with Gasteiger partial charge in [0.15, 0.2) is 0 Å². The number of hydrogen-bond donors (Lipinski definition) is 1. The molecule has 5 heteroatoms. The van der Waals surface area contributed by atoms with Gasteiger partial charge in [-0.25, -0.2) is 0 Å². The van der Waals surface area contributed by atoms with E-state index in [1.807, 2.05) is 6.20 Å². The van der Waals surface area contributed by atoms with Crippen LogP contribution >= 0.6 is 24.8 Å². The van der Waals surface area contributed by atoms with Crippen molar-refractivity contribution in [3.8, 4) is 0 Å². The first-order valence-corrected chi connectivity index (χ1v) is 5.33. The van der Waals surface area contributed by atoms with E-state index in [4.69, 9.17) is 5.73 Å². The summed E-state index contributed by atoms with van der Waals surface area (Å²) in [5, 5.41) is 4.46. The summed E-state index contributed by atoms with van der Waals surface area (Å²) in [6, 6.07) is 0.204. The van der Waals surface area contributed by atoms with Crippen molar-refractivity contribution < 1.29 is 0 Å². The molecule has 0 fully saturated rings. The number of halogens is 2. The Morgan fingerprint density at radius 2 is 2.00 bits per heavy atom. The fourth-order valence-corrected chi connectivity index (χ4v) is 2.17. The van der Waals surface area contributed by atoms with Crippen LogP contribution in [-0.2, 0) is 12.0 Å². The third kappa shape index (κ3) is 2.70. The van der Waals surface area contributed by atoms with Crippen molar-refractivity contribution >= 4 is 24.8 Å². The van der Waals surface area contributed by atoms with E-state index in [1.54, 1.807) is 0 Å². The lowest BCUT2D eigenvalue weighted by atomic mass is 9.93. The van der Waals surface area contributed by atoms with Gasteiger partial charge in [-0.1, -0.05) is 0 Å². The fraction of sp³-hybridized carbons (Fsp3) is 0.727. The minimum atomic E-state index is 0. The van der Waals surface area contributed by atoms with Crippen LogP contribution in [0.4, 0.5) is 0 Å². The van der Waals surface area contributed by atoms with Gasteiger partial charge in [-0.05, 0) is 40.0 Å². The van der Waals surface area contributed by atoms with Crippen molar-refractivity contribution in [2.75, 3.05) is 0 Å². The molecule has 1 aliphatic carbocycles. The molecule has 0 aliphatic heterocycles. The van der Waals surface area contributed by atoms with Crippen LogP contribution < -0.4 is 5.73 Å². The average Bonchev–Trinajstić information content (AvgIpc) is 2.47. The van der Waals surface area contributed by atoms with Gasteiger partial charge < -0.3 is 5.73 Å². The Morgan fingerprint density at radius 3 is 2.56 bits per heavy atom. The van der Waals surface area contributed by atoms with Gasteiger partial charge in [0.25, 0.3) is 0 Å². The Bertz CT molecular complexity index is 341. The van der Waals surface area contributed by atoms with E-state index in [9.17, 15) is 0 Å². The van der Waals surface area contributed by atoms with Crippen LogP contribution in [0.15, 0.2) is 6.20 Å². The summed E-state index contributed by atoms with van der Waals surface area (Å²) in [6.45, 7) is 6.54. The maximum atomic E-state index is 6.05. The first kappa shape index (κ1) is 15.8. The number of aromatic nitrogens is 2. The second kappa shape index (κ2) is 5.39. The summed E-state index contributed by atoms with van der Waals surface area (Å²) in [4.78, 5) is 0. The zero-order valence-electron chi connectivity index (χ0n) is 10.1. The highest BCUT2D eigenvalue weighted by Crippen LogP contribution is 2.30. The fourth-order valence-electron chi connectivity index (χ4n) is 2.17. The van der Waals surface area contributed by atoms with Gasteiger partial charge in [-0.15, -0.1) is 24.8 Å². The number of fused-ring (bicyclic) bond motifs is 1. The lowest BCUT2D eigenvalue weighted by Crippen LogP contribution is -2.27. The molecule has 0 radical (unpaired) electrons. The Hall–Kier alpha value is -0.250. The van der Waals surface area contributed by atoms with E-state index < -0.39 is 0 Å². The summed E-state index contributed by atoms with van der Waals surface area (Å²) in [5.74, 6) is 0. The summed E-state index contributed by atoms with van der Waals surface area (Å²) in [7, 11) is 0. The molecule has 0 amide bonds. The second-order valence-corrected chi connectivity index (χ2v) is 5.13. The quantitative estimate of drug-likeness (QED) is 0.784. The summed E-state index contributed by atoms with van der Waals surface area (Å²) < 4.78 is 2.13. The highest BCUT2D eigenvalue weighted by molar-refractivity contribution is 5.85. The lowest BCUT2D eigenvalue weighted by molar-refractivity contribution is 0.337. The largest absolute Gasteiger partial charge is 0.324 e. The molecule has 0 aromatic carbocycles. The molecule has 2 N–H and O–H groups in total. The van der Waals surface area contributed by atoms with E-state index in [-0.39, 0.29) is 36.4 Å². The Morgan fingerprint density at radius 1 is 1.38 bits per heavy atom. The predicted octanol–water partition coefficient (Wildman–Crippen LogP) is 2.82. The molecular formula is C11H21Cl2N3. The number of rotatable bonds is 0. The van der Waals surface area contributed by atoms with Gasteiger partial charge in [-0.2, -0.15) is 5.10 Å². The number of nitrogens with two attached hydrogens (primary N) is 1. The van der Waals surface area contributed by atoms with Gasteiger partial charge in [0.1, 0.15) is 0 Å². The Labute approximate surface area is 110 Å². The highest BCUT2D eigenvalue weighted by atomic mass is 35.5. The van der Waals surface area contributed by atoms with Gasteiger partial charge in [0.2, 0.25) is 0 Å². The molecule has 3 nitrogen and oxygen atoms in total. The molecule has 0 spiro atoms. The molecule has 1 aromatic rings. The van der Waals surface area contributed by atoms with E-state index in [1.165, 1.54) is 17.7 Å². The molecule has 1 heterocycles. The molecule has 94 valence electrons. The Kier molecular flexibility index (Phi) is 5.30. The maximum Gasteiger partial charge on any atom is 0.0546 e. The molecule has 2 rings (SSSR count). The monoisotopic (exact) mass is 265 g/mol. The summed E-state index contributed by atoms with van der Waals surface area (Å²) >= 11 is 0. The molecule has 1 atom stereocenters. The van der Waals surface area contributed by atoms with E-state index in [2.05, 4.69) is 30.6 Å². The first-order valence-electron chi connectivity index (χ1n) is 5.33. The van der Waals surface area contributed by atoms with E-state index in [0.717, 1.165) is 12.8 Å².